The molecule has 5 heteroatoms. The highest BCUT2D eigenvalue weighted by atomic mass is 16.5. The second-order valence-corrected chi connectivity index (χ2v) is 9.67. The van der Waals surface area contributed by atoms with Crippen LogP contribution in [0.3, 0.4) is 0 Å². The molecule has 1 saturated heterocycles. The molecule has 3 aromatic carbocycles. The van der Waals surface area contributed by atoms with Gasteiger partial charge in [0.1, 0.15) is 11.6 Å². The number of rotatable bonds is 8. The Morgan fingerprint density at radius 2 is 1.71 bits per heavy atom. The molecule has 1 aliphatic heterocycles. The van der Waals surface area contributed by atoms with Gasteiger partial charge in [0.15, 0.2) is 0 Å². The molecule has 0 aliphatic carbocycles. The summed E-state index contributed by atoms with van der Waals surface area (Å²) in [6.45, 7) is 8.46. The van der Waals surface area contributed by atoms with Gasteiger partial charge in [0.25, 0.3) is 0 Å². The molecule has 180 valence electrons. The van der Waals surface area contributed by atoms with Gasteiger partial charge in [-0.1, -0.05) is 47.5 Å². The van der Waals surface area contributed by atoms with Crippen LogP contribution in [0.5, 0.6) is 5.75 Å². The number of aryl methyl sites for hydroxylation is 4. The highest BCUT2D eigenvalue weighted by molar-refractivity contribution is 5.97. The van der Waals surface area contributed by atoms with Gasteiger partial charge in [0.05, 0.1) is 17.6 Å². The smallest absolute Gasteiger partial charge is 0.227 e. The van der Waals surface area contributed by atoms with Crippen LogP contribution in [0, 0.1) is 20.8 Å². The van der Waals surface area contributed by atoms with Crippen molar-refractivity contribution in [3.05, 3.63) is 89.2 Å². The summed E-state index contributed by atoms with van der Waals surface area (Å²) in [5.41, 5.74) is 6.73. The molecule has 0 bridgehead atoms. The van der Waals surface area contributed by atoms with Crippen molar-refractivity contribution in [2.45, 2.75) is 52.5 Å². The minimum absolute atomic E-state index is 0.0828. The van der Waals surface area contributed by atoms with Crippen LogP contribution in [0.15, 0.2) is 66.7 Å². The van der Waals surface area contributed by atoms with Crippen LogP contribution in [-0.4, -0.2) is 28.6 Å². The Morgan fingerprint density at radius 1 is 0.943 bits per heavy atom. The average molecular weight is 468 g/mol. The van der Waals surface area contributed by atoms with Crippen LogP contribution >= 0.6 is 0 Å². The van der Waals surface area contributed by atoms with Gasteiger partial charge in [-0.15, -0.1) is 0 Å². The normalized spacial score (nSPS) is 15.8. The SMILES string of the molecule is Cc1ccc(OCCCCn2c(C3CC(=O)N(c4ccc(C)cc4C)C3)nc3ccccc32)cc1. The molecule has 0 N–H and O–H groups in total. The summed E-state index contributed by atoms with van der Waals surface area (Å²) in [4.78, 5) is 20.0. The summed E-state index contributed by atoms with van der Waals surface area (Å²) >= 11 is 0. The van der Waals surface area contributed by atoms with Crippen molar-refractivity contribution >= 4 is 22.6 Å². The van der Waals surface area contributed by atoms with Crippen molar-refractivity contribution in [1.29, 1.82) is 0 Å². The summed E-state index contributed by atoms with van der Waals surface area (Å²) in [5, 5.41) is 0. The zero-order valence-electron chi connectivity index (χ0n) is 20.8. The Hall–Kier alpha value is -3.60. The lowest BCUT2D eigenvalue weighted by Crippen LogP contribution is -2.25. The second-order valence-electron chi connectivity index (χ2n) is 9.67. The van der Waals surface area contributed by atoms with Crippen molar-refractivity contribution in [2.75, 3.05) is 18.1 Å². The van der Waals surface area contributed by atoms with E-state index in [0.717, 1.165) is 53.2 Å². The van der Waals surface area contributed by atoms with Gasteiger partial charge >= 0.3 is 0 Å². The predicted octanol–water partition coefficient (Wildman–Crippen LogP) is 6.34. The van der Waals surface area contributed by atoms with Crippen molar-refractivity contribution in [1.82, 2.24) is 9.55 Å². The number of carbonyl (C=O) groups excluding carboxylic acids is 1. The Labute approximate surface area is 207 Å². The highest BCUT2D eigenvalue weighted by Gasteiger charge is 2.35. The van der Waals surface area contributed by atoms with Crippen LogP contribution in [-0.2, 0) is 11.3 Å². The number of carbonyl (C=O) groups is 1. The van der Waals surface area contributed by atoms with E-state index in [1.54, 1.807) is 0 Å². The molecule has 1 fully saturated rings. The quantitative estimate of drug-likeness (QED) is 0.284. The lowest BCUT2D eigenvalue weighted by molar-refractivity contribution is -0.117. The van der Waals surface area contributed by atoms with Crippen LogP contribution in [0.25, 0.3) is 11.0 Å². The van der Waals surface area contributed by atoms with Gasteiger partial charge in [0.2, 0.25) is 5.91 Å². The first kappa shape index (κ1) is 23.2. The van der Waals surface area contributed by atoms with Gasteiger partial charge in [0, 0.05) is 31.1 Å². The van der Waals surface area contributed by atoms with Gasteiger partial charge < -0.3 is 14.2 Å². The fourth-order valence-electron chi connectivity index (χ4n) is 5.06. The number of amides is 1. The topological polar surface area (TPSA) is 47.4 Å². The number of anilines is 1. The molecule has 2 heterocycles. The predicted molar refractivity (Wildman–Crippen MR) is 141 cm³/mol. The molecular weight excluding hydrogens is 434 g/mol. The number of para-hydroxylation sites is 2. The average Bonchev–Trinajstić information content (AvgIpc) is 3.40. The number of hydrogen-bond acceptors (Lipinski definition) is 3. The molecule has 1 unspecified atom stereocenters. The third kappa shape index (κ3) is 4.95. The first-order valence-corrected chi connectivity index (χ1v) is 12.5. The van der Waals surface area contributed by atoms with Gasteiger partial charge in [-0.2, -0.15) is 0 Å². The van der Waals surface area contributed by atoms with Gasteiger partial charge in [-0.05, 0) is 69.5 Å². The van der Waals surface area contributed by atoms with Crippen LogP contribution in [0.1, 0.15) is 47.7 Å². The first-order valence-electron chi connectivity index (χ1n) is 12.5. The molecule has 35 heavy (non-hydrogen) atoms. The molecule has 1 aromatic heterocycles. The first-order chi connectivity index (χ1) is 17.0. The molecule has 4 aromatic rings. The largest absolute Gasteiger partial charge is 0.494 e. The fraction of sp³-hybridized carbons (Fsp3) is 0.333. The number of ether oxygens (including phenoxy) is 1. The van der Waals surface area contributed by atoms with Gasteiger partial charge in [-0.3, -0.25) is 4.79 Å². The van der Waals surface area contributed by atoms with E-state index < -0.39 is 0 Å². The van der Waals surface area contributed by atoms with E-state index in [4.69, 9.17) is 9.72 Å². The minimum atomic E-state index is 0.0828. The molecule has 5 nitrogen and oxygen atoms in total. The third-order valence-corrected chi connectivity index (χ3v) is 6.88. The third-order valence-electron chi connectivity index (χ3n) is 6.88. The van der Waals surface area contributed by atoms with Crippen LogP contribution in [0.4, 0.5) is 5.69 Å². The molecule has 0 spiro atoms. The summed E-state index contributed by atoms with van der Waals surface area (Å²) in [6, 6.07) is 22.8. The number of benzene rings is 3. The maximum atomic E-state index is 13.0. The van der Waals surface area contributed by atoms with Crippen LogP contribution < -0.4 is 9.64 Å². The van der Waals surface area contributed by atoms with E-state index in [1.807, 2.05) is 23.1 Å². The maximum Gasteiger partial charge on any atom is 0.227 e. The molecule has 1 amide bonds. The monoisotopic (exact) mass is 467 g/mol. The minimum Gasteiger partial charge on any atom is -0.494 e. The van der Waals surface area contributed by atoms with Gasteiger partial charge in [-0.25, -0.2) is 4.98 Å². The van der Waals surface area contributed by atoms with E-state index in [1.165, 1.54) is 11.1 Å². The lowest BCUT2D eigenvalue weighted by atomic mass is 10.1. The maximum absolute atomic E-state index is 13.0. The van der Waals surface area contributed by atoms with Crippen molar-refractivity contribution in [3.8, 4) is 5.75 Å². The van der Waals surface area contributed by atoms with Crippen LogP contribution in [0.2, 0.25) is 0 Å². The zero-order valence-corrected chi connectivity index (χ0v) is 20.8. The molecule has 0 radical (unpaired) electrons. The number of imidazole rings is 1. The Kier molecular flexibility index (Phi) is 6.58. The zero-order chi connectivity index (χ0) is 24.4. The Morgan fingerprint density at radius 3 is 2.51 bits per heavy atom. The molecule has 1 aliphatic rings. The molecular formula is C30H33N3O2. The number of fused-ring (bicyclic) bond motifs is 1. The van der Waals surface area contributed by atoms with E-state index >= 15 is 0 Å². The number of hydrogen-bond donors (Lipinski definition) is 0. The van der Waals surface area contributed by atoms with E-state index in [2.05, 4.69) is 73.9 Å². The fourth-order valence-corrected chi connectivity index (χ4v) is 5.06. The summed E-state index contributed by atoms with van der Waals surface area (Å²) in [7, 11) is 0. The van der Waals surface area contributed by atoms with Crippen molar-refractivity contribution in [3.63, 3.8) is 0 Å². The number of aromatic nitrogens is 2. The molecule has 1 atom stereocenters. The summed E-state index contributed by atoms with van der Waals surface area (Å²) in [5.74, 6) is 2.19. The Balaban J connectivity index is 1.30. The second kappa shape index (κ2) is 9.95. The van der Waals surface area contributed by atoms with E-state index in [0.29, 0.717) is 19.6 Å². The Bertz CT molecular complexity index is 1340. The number of nitrogens with zero attached hydrogens (tertiary/aromatic N) is 3. The summed E-state index contributed by atoms with van der Waals surface area (Å²) < 4.78 is 8.24. The lowest BCUT2D eigenvalue weighted by Gasteiger charge is -2.20. The molecule has 5 rings (SSSR count). The van der Waals surface area contributed by atoms with Crippen molar-refractivity contribution < 1.29 is 9.53 Å². The van der Waals surface area contributed by atoms with E-state index in [9.17, 15) is 4.79 Å². The summed E-state index contributed by atoms with van der Waals surface area (Å²) in [6.07, 6.45) is 2.44. The van der Waals surface area contributed by atoms with Crippen molar-refractivity contribution in [2.24, 2.45) is 0 Å². The number of unbranched alkanes of at least 4 members (excludes halogenated alkanes) is 1. The van der Waals surface area contributed by atoms with E-state index in [-0.39, 0.29) is 11.8 Å². The molecule has 0 saturated carbocycles. The highest BCUT2D eigenvalue weighted by Crippen LogP contribution is 2.35. The standard InChI is InChI=1S/C30H33N3O2/c1-21-10-13-25(14-11-21)35-17-7-6-16-32-28-9-5-4-8-26(28)31-30(32)24-19-29(34)33(20-24)27-15-12-22(2)18-23(27)3/h4-5,8-15,18,24H,6-7,16-17,19-20H2,1-3H3.